The Morgan fingerprint density at radius 1 is 1.31 bits per heavy atom. The van der Waals surface area contributed by atoms with Crippen molar-refractivity contribution in [3.63, 3.8) is 0 Å². The van der Waals surface area contributed by atoms with Crippen molar-refractivity contribution in [2.75, 3.05) is 0 Å². The van der Waals surface area contributed by atoms with E-state index in [1.54, 1.807) is 25.3 Å². The molecule has 1 heterocycles. The zero-order valence-corrected chi connectivity index (χ0v) is 8.51. The Bertz CT molecular complexity index is 580. The van der Waals surface area contributed by atoms with Gasteiger partial charge in [0.25, 0.3) is 11.2 Å². The van der Waals surface area contributed by atoms with Crippen LogP contribution in [-0.2, 0) is 0 Å². The monoisotopic (exact) mass is 219 g/mol. The van der Waals surface area contributed by atoms with Crippen LogP contribution in [0, 0.1) is 17.0 Å². The lowest BCUT2D eigenvalue weighted by Crippen LogP contribution is -2.05. The van der Waals surface area contributed by atoms with Gasteiger partial charge in [-0.25, -0.2) is 0 Å². The summed E-state index contributed by atoms with van der Waals surface area (Å²) >= 11 is 0. The van der Waals surface area contributed by atoms with Crippen LogP contribution in [0.4, 0.5) is 5.69 Å². The van der Waals surface area contributed by atoms with Crippen LogP contribution in [0.2, 0.25) is 0 Å². The second-order valence-electron chi connectivity index (χ2n) is 3.40. The average Bonchev–Trinajstić information content (AvgIpc) is 2.59. The Morgan fingerprint density at radius 3 is 2.38 bits per heavy atom. The molecule has 0 unspecified atom stereocenters. The molecule has 0 saturated carbocycles. The molecule has 1 aromatic carbocycles. The first-order valence-electron chi connectivity index (χ1n) is 4.61. The first-order valence-corrected chi connectivity index (χ1v) is 4.61. The first kappa shape index (κ1) is 10.2. The largest absolute Gasteiger partial charge is 0.269 e. The number of nitro benzene ring substituents is 1. The molecular formula is C10H9N3O3. The van der Waals surface area contributed by atoms with Crippen molar-refractivity contribution in [2.24, 2.45) is 0 Å². The van der Waals surface area contributed by atoms with Crippen LogP contribution in [-0.4, -0.2) is 14.7 Å². The molecule has 1 N–H and O–H groups in total. The molecule has 16 heavy (non-hydrogen) atoms. The number of hydrogen-bond acceptors (Lipinski definition) is 3. The van der Waals surface area contributed by atoms with Crippen LogP contribution < -0.4 is 5.56 Å². The second-order valence-corrected chi connectivity index (χ2v) is 3.40. The third-order valence-corrected chi connectivity index (χ3v) is 2.24. The lowest BCUT2D eigenvalue weighted by Gasteiger charge is -2.00. The number of aromatic amines is 1. The number of nitrogens with zero attached hydrogens (tertiary/aromatic N) is 2. The number of benzene rings is 1. The van der Waals surface area contributed by atoms with Crippen molar-refractivity contribution in [1.29, 1.82) is 0 Å². The molecule has 0 aliphatic rings. The number of rotatable bonds is 2. The molecule has 1 aromatic heterocycles. The molecule has 0 aliphatic heterocycles. The van der Waals surface area contributed by atoms with Crippen molar-refractivity contribution < 1.29 is 4.92 Å². The molecule has 0 saturated heterocycles. The highest BCUT2D eigenvalue weighted by molar-refractivity contribution is 5.40. The fourth-order valence-corrected chi connectivity index (χ4v) is 1.36. The number of non-ortho nitro benzene ring substituents is 1. The Hall–Kier alpha value is -2.37. The quantitative estimate of drug-likeness (QED) is 0.612. The van der Waals surface area contributed by atoms with E-state index in [1.807, 2.05) is 0 Å². The summed E-state index contributed by atoms with van der Waals surface area (Å²) in [7, 11) is 0. The molecule has 0 aliphatic carbocycles. The van der Waals surface area contributed by atoms with Crippen LogP contribution in [0.3, 0.4) is 0 Å². The van der Waals surface area contributed by atoms with Gasteiger partial charge in [-0.2, -0.15) is 0 Å². The van der Waals surface area contributed by atoms with E-state index < -0.39 is 4.92 Å². The molecule has 2 aromatic rings. The molecule has 6 nitrogen and oxygen atoms in total. The molecule has 0 spiro atoms. The van der Waals surface area contributed by atoms with E-state index in [0.29, 0.717) is 11.3 Å². The number of aryl methyl sites for hydroxylation is 1. The lowest BCUT2D eigenvalue weighted by atomic mass is 10.3. The molecule has 0 bridgehead atoms. The molecule has 6 heteroatoms. The highest BCUT2D eigenvalue weighted by Gasteiger charge is 2.05. The van der Waals surface area contributed by atoms with Crippen molar-refractivity contribution in [2.45, 2.75) is 6.92 Å². The molecular weight excluding hydrogens is 210 g/mol. The van der Waals surface area contributed by atoms with Gasteiger partial charge < -0.3 is 0 Å². The zero-order chi connectivity index (χ0) is 11.7. The number of aromatic nitrogens is 2. The van der Waals surface area contributed by atoms with Gasteiger partial charge >= 0.3 is 0 Å². The maximum atomic E-state index is 11.2. The maximum Gasteiger partial charge on any atom is 0.269 e. The van der Waals surface area contributed by atoms with Gasteiger partial charge in [0.05, 0.1) is 10.6 Å². The van der Waals surface area contributed by atoms with Gasteiger partial charge in [-0.15, -0.1) is 0 Å². The fraction of sp³-hybridized carbons (Fsp3) is 0.100. The van der Waals surface area contributed by atoms with Gasteiger partial charge in [0.1, 0.15) is 0 Å². The predicted octanol–water partition coefficient (Wildman–Crippen LogP) is 1.38. The molecule has 0 amide bonds. The molecule has 2 rings (SSSR count). The second kappa shape index (κ2) is 3.65. The number of hydrogen-bond donors (Lipinski definition) is 1. The van der Waals surface area contributed by atoms with E-state index >= 15 is 0 Å². The molecule has 82 valence electrons. The topological polar surface area (TPSA) is 80.9 Å². The summed E-state index contributed by atoms with van der Waals surface area (Å²) in [6.07, 6.45) is 1.64. The number of nitrogens with one attached hydrogen (secondary N) is 1. The minimum Gasteiger partial charge on any atom is -0.268 e. The van der Waals surface area contributed by atoms with E-state index in [1.165, 1.54) is 16.8 Å². The summed E-state index contributed by atoms with van der Waals surface area (Å²) < 4.78 is 1.53. The normalized spacial score (nSPS) is 10.3. The fourth-order valence-electron chi connectivity index (χ4n) is 1.36. The SMILES string of the molecule is Cc1cn(-c2ccc([N+](=O)[O-])cc2)[nH]c1=O. The van der Waals surface area contributed by atoms with Crippen LogP contribution in [0.5, 0.6) is 0 Å². The summed E-state index contributed by atoms with van der Waals surface area (Å²) in [6.45, 7) is 1.70. The lowest BCUT2D eigenvalue weighted by molar-refractivity contribution is -0.384. The zero-order valence-electron chi connectivity index (χ0n) is 8.51. The highest BCUT2D eigenvalue weighted by Crippen LogP contribution is 2.14. The smallest absolute Gasteiger partial charge is 0.268 e. The van der Waals surface area contributed by atoms with Crippen molar-refractivity contribution in [3.05, 3.63) is 56.5 Å². The number of nitro groups is 1. The summed E-state index contributed by atoms with van der Waals surface area (Å²) in [5.74, 6) is 0. The predicted molar refractivity (Wildman–Crippen MR) is 57.8 cm³/mol. The Balaban J connectivity index is 2.42. The maximum absolute atomic E-state index is 11.2. The van der Waals surface area contributed by atoms with Gasteiger partial charge in [-0.05, 0) is 19.1 Å². The van der Waals surface area contributed by atoms with E-state index in [-0.39, 0.29) is 11.2 Å². The van der Waals surface area contributed by atoms with Gasteiger partial charge in [0, 0.05) is 23.9 Å². The van der Waals surface area contributed by atoms with Crippen molar-refractivity contribution in [1.82, 2.24) is 9.78 Å². The van der Waals surface area contributed by atoms with Crippen molar-refractivity contribution in [3.8, 4) is 5.69 Å². The Labute approximate surface area is 90.3 Å². The van der Waals surface area contributed by atoms with E-state index in [9.17, 15) is 14.9 Å². The minimum absolute atomic E-state index is 0.0231. The Kier molecular flexibility index (Phi) is 2.32. The van der Waals surface area contributed by atoms with E-state index in [0.717, 1.165) is 0 Å². The van der Waals surface area contributed by atoms with Gasteiger partial charge in [0.2, 0.25) is 0 Å². The third kappa shape index (κ3) is 1.72. The minimum atomic E-state index is -0.465. The Morgan fingerprint density at radius 2 is 1.94 bits per heavy atom. The van der Waals surface area contributed by atoms with Crippen molar-refractivity contribution >= 4 is 5.69 Å². The van der Waals surface area contributed by atoms with Gasteiger partial charge in [0.15, 0.2) is 0 Å². The van der Waals surface area contributed by atoms with Crippen LogP contribution in [0.25, 0.3) is 5.69 Å². The van der Waals surface area contributed by atoms with E-state index in [4.69, 9.17) is 0 Å². The summed E-state index contributed by atoms with van der Waals surface area (Å²) in [4.78, 5) is 21.2. The molecule has 0 atom stereocenters. The molecule has 0 fully saturated rings. The molecule has 0 radical (unpaired) electrons. The van der Waals surface area contributed by atoms with Crippen LogP contribution in [0.15, 0.2) is 35.3 Å². The first-order chi connectivity index (χ1) is 7.58. The van der Waals surface area contributed by atoms with Gasteiger partial charge in [-0.1, -0.05) is 0 Å². The van der Waals surface area contributed by atoms with Crippen LogP contribution in [0.1, 0.15) is 5.56 Å². The average molecular weight is 219 g/mol. The van der Waals surface area contributed by atoms with Gasteiger partial charge in [-0.3, -0.25) is 24.7 Å². The third-order valence-electron chi connectivity index (χ3n) is 2.24. The summed E-state index contributed by atoms with van der Waals surface area (Å²) in [6, 6.07) is 5.94. The van der Waals surface area contributed by atoms with E-state index in [2.05, 4.69) is 5.10 Å². The number of H-pyrrole nitrogens is 1. The highest BCUT2D eigenvalue weighted by atomic mass is 16.6. The standard InChI is InChI=1S/C10H9N3O3/c1-7-6-12(11-10(7)14)8-2-4-9(5-3-8)13(15)16/h2-6H,1H3,(H,11,14). The summed E-state index contributed by atoms with van der Waals surface area (Å²) in [5.41, 5.74) is 1.13. The summed E-state index contributed by atoms with van der Waals surface area (Å²) in [5, 5.41) is 13.0. The van der Waals surface area contributed by atoms with Crippen LogP contribution >= 0.6 is 0 Å².